The number of aliphatic hydroxyl groups excluding tert-OH is 1. The maximum atomic E-state index is 13.4. The second-order valence-corrected chi connectivity index (χ2v) is 8.68. The van der Waals surface area contributed by atoms with E-state index in [1.807, 2.05) is 36.3 Å². The van der Waals surface area contributed by atoms with Crippen LogP contribution in [0.25, 0.3) is 0 Å². The largest absolute Gasteiger partial charge is 0.485 e. The van der Waals surface area contributed by atoms with Crippen molar-refractivity contribution in [3.8, 4) is 11.8 Å². The number of carbonyl (C=O) groups excluding carboxylic acids is 2. The molecule has 0 spiro atoms. The number of ether oxygens (including phenoxy) is 1. The number of benzene rings is 2. The van der Waals surface area contributed by atoms with Gasteiger partial charge in [-0.3, -0.25) is 9.63 Å². The number of fused-ring (bicyclic) bond motifs is 1. The van der Waals surface area contributed by atoms with Gasteiger partial charge in [0.2, 0.25) is 5.91 Å². The molecule has 8 nitrogen and oxygen atoms in total. The minimum atomic E-state index is -1.09. The molecule has 170 valence electrons. The first-order chi connectivity index (χ1) is 15.8. The molecular formula is C25H25N3O5. The van der Waals surface area contributed by atoms with Crippen molar-refractivity contribution in [2.24, 2.45) is 0 Å². The van der Waals surface area contributed by atoms with Crippen molar-refractivity contribution < 1.29 is 24.3 Å². The van der Waals surface area contributed by atoms with Gasteiger partial charge in [0.25, 0.3) is 0 Å². The van der Waals surface area contributed by atoms with E-state index in [4.69, 9.17) is 9.57 Å². The Morgan fingerprint density at radius 2 is 2.06 bits per heavy atom. The molecule has 4 rings (SSSR count). The van der Waals surface area contributed by atoms with Crippen molar-refractivity contribution in [1.82, 2.24) is 10.4 Å². The molecule has 0 unspecified atom stereocenters. The molecule has 2 heterocycles. The number of carbonyl (C=O) groups is 1. The molecule has 0 radical (unpaired) electrons. The van der Waals surface area contributed by atoms with Crippen molar-refractivity contribution in [3.63, 3.8) is 0 Å². The third kappa shape index (κ3) is 4.54. The van der Waals surface area contributed by atoms with Crippen LogP contribution in [0.15, 0.2) is 54.1 Å². The average Bonchev–Trinajstić information content (AvgIpc) is 3.24. The van der Waals surface area contributed by atoms with Crippen molar-refractivity contribution >= 4 is 11.8 Å². The van der Waals surface area contributed by atoms with Crippen LogP contribution in [0, 0.1) is 11.3 Å². The van der Waals surface area contributed by atoms with Gasteiger partial charge in [-0.2, -0.15) is 10.3 Å². The van der Waals surface area contributed by atoms with E-state index in [1.54, 1.807) is 32.0 Å². The Bertz CT molecular complexity index is 1130. The molecule has 0 saturated carbocycles. The lowest BCUT2D eigenvalue weighted by Gasteiger charge is -2.42. The predicted molar refractivity (Wildman–Crippen MR) is 118 cm³/mol. The molecule has 2 aliphatic heterocycles. The van der Waals surface area contributed by atoms with Gasteiger partial charge in [0.15, 0.2) is 0 Å². The van der Waals surface area contributed by atoms with E-state index in [9.17, 15) is 20.0 Å². The van der Waals surface area contributed by atoms with Gasteiger partial charge in [-0.25, -0.2) is 4.79 Å². The number of nitrogens with zero attached hydrogens (tertiary/aromatic N) is 2. The van der Waals surface area contributed by atoms with Gasteiger partial charge < -0.3 is 15.2 Å². The van der Waals surface area contributed by atoms with Crippen LogP contribution in [0.5, 0.6) is 5.75 Å². The van der Waals surface area contributed by atoms with Gasteiger partial charge in [-0.1, -0.05) is 30.3 Å². The number of hydroxylamine groups is 2. The minimum Gasteiger partial charge on any atom is -0.485 e. The molecule has 1 saturated heterocycles. The molecule has 2 aromatic rings. The van der Waals surface area contributed by atoms with Crippen LogP contribution >= 0.6 is 0 Å². The molecule has 2 N–H and O–H groups in total. The first-order valence-corrected chi connectivity index (χ1v) is 10.7. The molecule has 2 aliphatic rings. The zero-order valence-electron chi connectivity index (χ0n) is 18.4. The summed E-state index contributed by atoms with van der Waals surface area (Å²) in [6.07, 6.45) is -0.737. The number of nitrogens with one attached hydrogen (secondary N) is 1. The van der Waals surface area contributed by atoms with Crippen LogP contribution in [-0.4, -0.2) is 46.3 Å². The number of amides is 1. The summed E-state index contributed by atoms with van der Waals surface area (Å²) in [5.74, 6) is 1.86. The van der Waals surface area contributed by atoms with Gasteiger partial charge >= 0.3 is 0 Å². The SMILES string of the molecule is CC1(C)Oc2ccc(C#N)cc2[C@@H](NC(=O)[C@H]2C(=C=O)CCN2OCc2ccccc2)[C@@H]1O. The van der Waals surface area contributed by atoms with Gasteiger partial charge in [0.1, 0.15) is 29.4 Å². The zero-order chi connectivity index (χ0) is 23.6. The van der Waals surface area contributed by atoms with Gasteiger partial charge in [0.05, 0.1) is 24.3 Å². The summed E-state index contributed by atoms with van der Waals surface area (Å²) in [5, 5.41) is 24.6. The minimum absolute atomic E-state index is 0.248. The molecule has 8 heteroatoms. The summed E-state index contributed by atoms with van der Waals surface area (Å²) in [4.78, 5) is 30.8. The Balaban J connectivity index is 1.58. The smallest absolute Gasteiger partial charge is 0.245 e. The maximum absolute atomic E-state index is 13.4. The summed E-state index contributed by atoms with van der Waals surface area (Å²) in [6.45, 7) is 4.06. The van der Waals surface area contributed by atoms with Crippen LogP contribution < -0.4 is 10.1 Å². The zero-order valence-corrected chi connectivity index (χ0v) is 18.4. The van der Waals surface area contributed by atoms with E-state index in [0.717, 1.165) is 5.56 Å². The van der Waals surface area contributed by atoms with E-state index in [1.165, 1.54) is 5.06 Å². The van der Waals surface area contributed by atoms with E-state index < -0.39 is 29.7 Å². The third-order valence-corrected chi connectivity index (χ3v) is 6.01. The molecule has 0 aromatic heterocycles. The molecule has 0 bridgehead atoms. The fraction of sp³-hybridized carbons (Fsp3) is 0.360. The molecular weight excluding hydrogens is 422 g/mol. The molecule has 0 aliphatic carbocycles. The quantitative estimate of drug-likeness (QED) is 0.676. The maximum Gasteiger partial charge on any atom is 0.245 e. The van der Waals surface area contributed by atoms with Crippen LogP contribution in [0.3, 0.4) is 0 Å². The van der Waals surface area contributed by atoms with Crippen LogP contribution in [0.1, 0.15) is 43.0 Å². The number of aliphatic hydroxyl groups is 1. The number of rotatable bonds is 5. The first-order valence-electron chi connectivity index (χ1n) is 10.7. The molecule has 1 fully saturated rings. The van der Waals surface area contributed by atoms with Gasteiger partial charge in [-0.15, -0.1) is 0 Å². The van der Waals surface area contributed by atoms with Crippen LogP contribution in [0.4, 0.5) is 0 Å². The van der Waals surface area contributed by atoms with E-state index in [0.29, 0.717) is 29.8 Å². The highest BCUT2D eigenvalue weighted by atomic mass is 16.7. The number of hydrogen-bond acceptors (Lipinski definition) is 7. The lowest BCUT2D eigenvalue weighted by Crippen LogP contribution is -2.55. The van der Waals surface area contributed by atoms with Crippen molar-refractivity contribution in [1.29, 1.82) is 5.26 Å². The Morgan fingerprint density at radius 1 is 1.30 bits per heavy atom. The van der Waals surface area contributed by atoms with E-state index >= 15 is 0 Å². The molecule has 2 aromatic carbocycles. The lowest BCUT2D eigenvalue weighted by atomic mass is 9.85. The van der Waals surface area contributed by atoms with Crippen molar-refractivity contribution in [2.45, 2.75) is 50.7 Å². The number of hydrogen-bond donors (Lipinski definition) is 2. The molecule has 1 amide bonds. The van der Waals surface area contributed by atoms with Crippen molar-refractivity contribution in [3.05, 3.63) is 70.8 Å². The summed E-state index contributed by atoms with van der Waals surface area (Å²) in [6, 6.07) is 14.6. The van der Waals surface area contributed by atoms with Crippen LogP contribution in [-0.2, 0) is 21.0 Å². The standard InChI is InChI=1S/C25H25N3O5/c1-25(2)23(30)21(19-12-17(13-26)8-9-20(19)33-25)27-24(31)22-18(14-29)10-11-28(22)32-15-16-6-4-3-5-7-16/h3-9,12,21-23,30H,10-11,15H2,1-2H3,(H,27,31)/t21-,22-,23+/m1/s1. The summed E-state index contributed by atoms with van der Waals surface area (Å²) in [5.41, 5.74) is 1.11. The van der Waals surface area contributed by atoms with E-state index in [2.05, 4.69) is 11.4 Å². The summed E-state index contributed by atoms with van der Waals surface area (Å²) >= 11 is 0. The summed E-state index contributed by atoms with van der Waals surface area (Å²) < 4.78 is 5.91. The highest BCUT2D eigenvalue weighted by Gasteiger charge is 2.46. The lowest BCUT2D eigenvalue weighted by molar-refractivity contribution is -0.182. The Labute approximate surface area is 192 Å². The molecule has 33 heavy (non-hydrogen) atoms. The van der Waals surface area contributed by atoms with Crippen LogP contribution in [0.2, 0.25) is 0 Å². The van der Waals surface area contributed by atoms with Crippen molar-refractivity contribution in [2.75, 3.05) is 6.54 Å². The Kier molecular flexibility index (Phi) is 6.32. The highest BCUT2D eigenvalue weighted by Crippen LogP contribution is 2.40. The van der Waals surface area contributed by atoms with Gasteiger partial charge in [-0.05, 0) is 44.0 Å². The second-order valence-electron chi connectivity index (χ2n) is 8.68. The second kappa shape index (κ2) is 9.18. The fourth-order valence-corrected chi connectivity index (χ4v) is 4.20. The third-order valence-electron chi connectivity index (χ3n) is 6.01. The Hall–Kier alpha value is -3.47. The highest BCUT2D eigenvalue weighted by molar-refractivity contribution is 5.88. The monoisotopic (exact) mass is 447 g/mol. The fourth-order valence-electron chi connectivity index (χ4n) is 4.20. The topological polar surface area (TPSA) is 112 Å². The first kappa shape index (κ1) is 22.7. The average molecular weight is 447 g/mol. The van der Waals surface area contributed by atoms with Gasteiger partial charge in [0, 0.05) is 17.7 Å². The molecule has 3 atom stereocenters. The summed E-state index contributed by atoms with van der Waals surface area (Å²) in [7, 11) is 0. The predicted octanol–water partition coefficient (Wildman–Crippen LogP) is 2.21. The van der Waals surface area contributed by atoms with E-state index in [-0.39, 0.29) is 12.2 Å². The Morgan fingerprint density at radius 3 is 2.76 bits per heavy atom. The normalized spacial score (nSPS) is 23.7. The number of nitriles is 1.